The SMILES string of the molecule is COc1cc(N)ccc1CSC1CCCC1. The Morgan fingerprint density at radius 2 is 2.12 bits per heavy atom. The molecule has 1 aliphatic rings. The quantitative estimate of drug-likeness (QED) is 0.815. The fourth-order valence-electron chi connectivity index (χ4n) is 2.14. The monoisotopic (exact) mass is 237 g/mol. The van der Waals surface area contributed by atoms with E-state index in [0.717, 1.165) is 22.4 Å². The minimum Gasteiger partial charge on any atom is -0.496 e. The third-order valence-corrected chi connectivity index (χ3v) is 4.51. The van der Waals surface area contributed by atoms with Gasteiger partial charge in [-0.25, -0.2) is 0 Å². The first-order valence-corrected chi connectivity index (χ1v) is 6.88. The largest absolute Gasteiger partial charge is 0.496 e. The Morgan fingerprint density at radius 1 is 1.38 bits per heavy atom. The molecule has 0 atom stereocenters. The third-order valence-electron chi connectivity index (χ3n) is 3.09. The van der Waals surface area contributed by atoms with Crippen LogP contribution in [0.3, 0.4) is 0 Å². The topological polar surface area (TPSA) is 35.2 Å². The van der Waals surface area contributed by atoms with Crippen molar-refractivity contribution in [1.29, 1.82) is 0 Å². The minimum atomic E-state index is 0.770. The molecule has 0 bridgehead atoms. The summed E-state index contributed by atoms with van der Waals surface area (Å²) in [5.41, 5.74) is 7.76. The molecule has 16 heavy (non-hydrogen) atoms. The molecule has 1 aromatic carbocycles. The van der Waals surface area contributed by atoms with Crippen LogP contribution in [0.25, 0.3) is 0 Å². The van der Waals surface area contributed by atoms with Crippen molar-refractivity contribution in [3.63, 3.8) is 0 Å². The zero-order valence-electron chi connectivity index (χ0n) is 9.74. The van der Waals surface area contributed by atoms with E-state index in [2.05, 4.69) is 17.8 Å². The van der Waals surface area contributed by atoms with Gasteiger partial charge in [-0.3, -0.25) is 0 Å². The molecule has 1 aromatic rings. The van der Waals surface area contributed by atoms with Gasteiger partial charge in [0, 0.05) is 28.3 Å². The third kappa shape index (κ3) is 2.85. The van der Waals surface area contributed by atoms with E-state index in [0.29, 0.717) is 0 Å². The summed E-state index contributed by atoms with van der Waals surface area (Å²) in [4.78, 5) is 0. The van der Waals surface area contributed by atoms with E-state index in [9.17, 15) is 0 Å². The summed E-state index contributed by atoms with van der Waals surface area (Å²) in [5.74, 6) is 1.96. The van der Waals surface area contributed by atoms with Crippen LogP contribution in [-0.2, 0) is 5.75 Å². The first-order chi connectivity index (χ1) is 7.79. The molecule has 1 aliphatic carbocycles. The highest BCUT2D eigenvalue weighted by Crippen LogP contribution is 2.34. The molecule has 3 heteroatoms. The number of methoxy groups -OCH3 is 1. The molecule has 1 saturated carbocycles. The van der Waals surface area contributed by atoms with E-state index >= 15 is 0 Å². The van der Waals surface area contributed by atoms with Gasteiger partial charge in [-0.1, -0.05) is 18.9 Å². The summed E-state index contributed by atoms with van der Waals surface area (Å²) in [5, 5.41) is 0.849. The number of hydrogen-bond donors (Lipinski definition) is 1. The van der Waals surface area contributed by atoms with E-state index in [1.165, 1.54) is 31.2 Å². The molecule has 0 spiro atoms. The van der Waals surface area contributed by atoms with Crippen LogP contribution in [0.5, 0.6) is 5.75 Å². The predicted octanol–water partition coefficient (Wildman–Crippen LogP) is 3.45. The Kier molecular flexibility index (Phi) is 3.99. The number of rotatable bonds is 4. The van der Waals surface area contributed by atoms with Gasteiger partial charge in [-0.05, 0) is 18.9 Å². The second-order valence-electron chi connectivity index (χ2n) is 4.29. The first-order valence-electron chi connectivity index (χ1n) is 5.83. The van der Waals surface area contributed by atoms with Crippen LogP contribution in [0.1, 0.15) is 31.2 Å². The van der Waals surface area contributed by atoms with Gasteiger partial charge in [0.15, 0.2) is 0 Å². The smallest absolute Gasteiger partial charge is 0.124 e. The lowest BCUT2D eigenvalue weighted by Crippen LogP contribution is -1.97. The zero-order chi connectivity index (χ0) is 11.4. The molecule has 2 rings (SSSR count). The Balaban J connectivity index is 1.97. The molecule has 0 amide bonds. The van der Waals surface area contributed by atoms with E-state index in [1.54, 1.807) is 7.11 Å². The van der Waals surface area contributed by atoms with Crippen LogP contribution in [0.15, 0.2) is 18.2 Å². The molecule has 2 nitrogen and oxygen atoms in total. The molecule has 0 aromatic heterocycles. The first kappa shape index (κ1) is 11.6. The average Bonchev–Trinajstić information content (AvgIpc) is 2.80. The lowest BCUT2D eigenvalue weighted by molar-refractivity contribution is 0.411. The van der Waals surface area contributed by atoms with Crippen molar-refractivity contribution in [3.8, 4) is 5.75 Å². The van der Waals surface area contributed by atoms with Crippen molar-refractivity contribution in [2.24, 2.45) is 0 Å². The summed E-state index contributed by atoms with van der Waals surface area (Å²) < 4.78 is 5.35. The standard InChI is InChI=1S/C13H19NOS/c1-15-13-8-11(14)7-6-10(13)9-16-12-4-2-3-5-12/h6-8,12H,2-5,9,14H2,1H3. The number of anilines is 1. The van der Waals surface area contributed by atoms with Crippen molar-refractivity contribution >= 4 is 17.4 Å². The van der Waals surface area contributed by atoms with Gasteiger partial charge in [0.25, 0.3) is 0 Å². The lowest BCUT2D eigenvalue weighted by Gasteiger charge is -2.12. The van der Waals surface area contributed by atoms with Crippen LogP contribution >= 0.6 is 11.8 Å². The van der Waals surface area contributed by atoms with Gasteiger partial charge in [0.2, 0.25) is 0 Å². The van der Waals surface area contributed by atoms with E-state index < -0.39 is 0 Å². The van der Waals surface area contributed by atoms with Crippen molar-refractivity contribution in [1.82, 2.24) is 0 Å². The van der Waals surface area contributed by atoms with Gasteiger partial charge in [0.05, 0.1) is 7.11 Å². The normalized spacial score (nSPS) is 16.6. The van der Waals surface area contributed by atoms with Gasteiger partial charge >= 0.3 is 0 Å². The summed E-state index contributed by atoms with van der Waals surface area (Å²) in [6.07, 6.45) is 5.55. The molecule has 0 unspecified atom stereocenters. The molecule has 88 valence electrons. The molecule has 1 fully saturated rings. The molecular weight excluding hydrogens is 218 g/mol. The Bertz CT molecular complexity index is 348. The summed E-state index contributed by atoms with van der Waals surface area (Å²) in [6.45, 7) is 0. The van der Waals surface area contributed by atoms with Crippen LogP contribution < -0.4 is 10.5 Å². The number of nitrogens with two attached hydrogens (primary N) is 1. The lowest BCUT2D eigenvalue weighted by atomic mass is 10.2. The highest BCUT2D eigenvalue weighted by atomic mass is 32.2. The Labute approximate surface area is 102 Å². The van der Waals surface area contributed by atoms with E-state index in [4.69, 9.17) is 10.5 Å². The van der Waals surface area contributed by atoms with Crippen molar-refractivity contribution < 1.29 is 4.74 Å². The van der Waals surface area contributed by atoms with Gasteiger partial charge < -0.3 is 10.5 Å². The summed E-state index contributed by atoms with van der Waals surface area (Å²) in [6, 6.07) is 5.94. The highest BCUT2D eigenvalue weighted by Gasteiger charge is 2.16. The summed E-state index contributed by atoms with van der Waals surface area (Å²) >= 11 is 2.05. The second kappa shape index (κ2) is 5.48. The zero-order valence-corrected chi connectivity index (χ0v) is 10.6. The van der Waals surface area contributed by atoms with Crippen LogP contribution in [0.4, 0.5) is 5.69 Å². The second-order valence-corrected chi connectivity index (χ2v) is 5.58. The van der Waals surface area contributed by atoms with Gasteiger partial charge in [0.1, 0.15) is 5.75 Å². The van der Waals surface area contributed by atoms with Gasteiger partial charge in [-0.2, -0.15) is 11.8 Å². The van der Waals surface area contributed by atoms with Crippen LogP contribution in [-0.4, -0.2) is 12.4 Å². The highest BCUT2D eigenvalue weighted by molar-refractivity contribution is 7.99. The van der Waals surface area contributed by atoms with Gasteiger partial charge in [-0.15, -0.1) is 0 Å². The number of benzene rings is 1. The fraction of sp³-hybridized carbons (Fsp3) is 0.538. The Hall–Kier alpha value is -0.830. The van der Waals surface area contributed by atoms with Crippen molar-refractivity contribution in [2.45, 2.75) is 36.7 Å². The number of hydrogen-bond acceptors (Lipinski definition) is 3. The molecule has 2 N–H and O–H groups in total. The summed E-state index contributed by atoms with van der Waals surface area (Å²) in [7, 11) is 1.71. The molecule has 0 aliphatic heterocycles. The number of nitrogen functional groups attached to an aromatic ring is 1. The maximum atomic E-state index is 5.73. The van der Waals surface area contributed by atoms with Crippen LogP contribution in [0, 0.1) is 0 Å². The molecule has 0 radical (unpaired) electrons. The van der Waals surface area contributed by atoms with Crippen molar-refractivity contribution in [2.75, 3.05) is 12.8 Å². The molecule has 0 heterocycles. The molecular formula is C13H19NOS. The minimum absolute atomic E-state index is 0.770. The maximum Gasteiger partial charge on any atom is 0.124 e. The number of thioether (sulfide) groups is 1. The Morgan fingerprint density at radius 3 is 2.81 bits per heavy atom. The number of ether oxygens (including phenoxy) is 1. The average molecular weight is 237 g/mol. The van der Waals surface area contributed by atoms with Crippen LogP contribution in [0.2, 0.25) is 0 Å². The predicted molar refractivity (Wildman–Crippen MR) is 71.0 cm³/mol. The van der Waals surface area contributed by atoms with Crippen molar-refractivity contribution in [3.05, 3.63) is 23.8 Å². The van der Waals surface area contributed by atoms with E-state index in [-0.39, 0.29) is 0 Å². The molecule has 0 saturated heterocycles. The fourth-order valence-corrected chi connectivity index (χ4v) is 3.46. The van der Waals surface area contributed by atoms with E-state index in [1.807, 2.05) is 12.1 Å². The maximum absolute atomic E-state index is 5.73.